The van der Waals surface area contributed by atoms with Crippen molar-refractivity contribution in [2.75, 3.05) is 42.2 Å². The quantitative estimate of drug-likeness (QED) is 0.0407. The second-order valence-electron chi connectivity index (χ2n) is 12.4. The fraction of sp³-hybridized carbons (Fsp3) is 0.343. The van der Waals surface area contributed by atoms with Gasteiger partial charge in [0.15, 0.2) is 5.76 Å². The van der Waals surface area contributed by atoms with Gasteiger partial charge in [-0.1, -0.05) is 41.4 Å². The Hall–Kier alpha value is -4.42. The van der Waals surface area contributed by atoms with Crippen molar-refractivity contribution < 1.29 is 57.4 Å². The Labute approximate surface area is 335 Å². The number of hydrogen-bond donors (Lipinski definition) is 4. The van der Waals surface area contributed by atoms with Gasteiger partial charge in [0.1, 0.15) is 41.4 Å². The number of nitro groups is 1. The maximum absolute atomic E-state index is 14.3. The molecule has 3 aromatic rings. The van der Waals surface area contributed by atoms with Gasteiger partial charge in [0.25, 0.3) is 5.69 Å². The van der Waals surface area contributed by atoms with Gasteiger partial charge in [-0.25, -0.2) is 14.1 Å². The fourth-order valence-corrected chi connectivity index (χ4v) is 5.36. The van der Waals surface area contributed by atoms with E-state index in [1.165, 1.54) is 18.2 Å². The number of nitrogens with zero attached hydrogens (tertiary/aromatic N) is 2. The molecule has 3 aromatic carbocycles. The van der Waals surface area contributed by atoms with E-state index < -0.39 is 49.1 Å². The van der Waals surface area contributed by atoms with Gasteiger partial charge in [0, 0.05) is 12.1 Å². The number of carbonyl (C=O) groups is 3. The Kier molecular flexibility index (Phi) is 19.1. The number of ether oxygens (including phenoxy) is 3. The second kappa shape index (κ2) is 22.4. The third kappa shape index (κ3) is 15.6. The third-order valence-electron chi connectivity index (χ3n) is 6.94. The number of carbonyl (C=O) groups excluding carboxylic acids is 2. The van der Waals surface area contributed by atoms with Crippen molar-refractivity contribution in [2.45, 2.75) is 45.6 Å². The van der Waals surface area contributed by atoms with Crippen molar-refractivity contribution in [3.8, 4) is 17.2 Å². The molecular formula is C35H42Cl2FN4O12PS. The molecular weight excluding hydrogens is 821 g/mol. The number of hydrogen-bond acceptors (Lipinski definition) is 12. The summed E-state index contributed by atoms with van der Waals surface area (Å²) in [7, 11) is -3.71. The van der Waals surface area contributed by atoms with Gasteiger partial charge in [0.2, 0.25) is 0 Å². The fourth-order valence-electron chi connectivity index (χ4n) is 4.57. The molecule has 2 aliphatic rings. The largest absolute Gasteiger partial charge is 0.778 e. The van der Waals surface area contributed by atoms with Crippen LogP contribution in [0.3, 0.4) is 0 Å². The molecule has 1 unspecified atom stereocenters. The zero-order chi connectivity index (χ0) is 42.3. The summed E-state index contributed by atoms with van der Waals surface area (Å²) in [5.74, 6) is -1.64. The van der Waals surface area contributed by atoms with E-state index in [2.05, 4.69) is 18.8 Å². The lowest BCUT2D eigenvalue weighted by molar-refractivity contribution is -0.383. The highest BCUT2D eigenvalue weighted by atomic mass is 35.5. The number of aliphatic carboxylic acids is 1. The standard InChI is InChI=1S/C17H17ClFNO4.C12H9ClN2O3.C3H8NO5P.C3H9S/c1-9(2)15-16(21)20(17(22)24-15)13-8-14(11(18)7-12(13)19)23-10-5-3-4-6-10;13-11-10(18-8-4-2-1-3-5-8)7-6-9(12(11)14)15(16)17;5-3(6)1-4-2-10(7,8)9;1-4(2)3/h7-8,10H,3-6H2,1-2H3;1-7H,14H2;4H,1-2H2,(H,5,6)(H2,7,8,9);1-3H3/q;;;+1/p-1. The number of rotatable bonds is 10. The van der Waals surface area contributed by atoms with Crippen molar-refractivity contribution in [1.82, 2.24) is 5.32 Å². The first-order chi connectivity index (χ1) is 26.1. The van der Waals surface area contributed by atoms with Gasteiger partial charge in [-0.3, -0.25) is 25.0 Å². The molecule has 1 aliphatic heterocycles. The minimum atomic E-state index is -4.35. The lowest BCUT2D eigenvalue weighted by atomic mass is 10.2. The smallest absolute Gasteiger partial charge is 0.427 e. The number of cyclic esters (lactones) is 1. The first kappa shape index (κ1) is 47.7. The van der Waals surface area contributed by atoms with Crippen molar-refractivity contribution in [2.24, 2.45) is 0 Å². The molecule has 5 N–H and O–H groups in total. The molecule has 1 saturated heterocycles. The minimum Gasteiger partial charge on any atom is -0.778 e. The van der Waals surface area contributed by atoms with Crippen LogP contribution in [0.1, 0.15) is 39.5 Å². The molecule has 1 heterocycles. The van der Waals surface area contributed by atoms with Crippen LogP contribution in [0.15, 0.2) is 65.9 Å². The number of allylic oxidation sites excluding steroid dienone is 1. The number of anilines is 2. The molecule has 0 spiro atoms. The van der Waals surface area contributed by atoms with Crippen molar-refractivity contribution in [3.05, 3.63) is 91.9 Å². The van der Waals surface area contributed by atoms with Crippen LogP contribution in [-0.4, -0.2) is 70.6 Å². The summed E-state index contributed by atoms with van der Waals surface area (Å²) < 4.78 is 40.5. The normalized spacial score (nSPS) is 14.6. The topological polar surface area (TPSA) is 244 Å². The highest BCUT2D eigenvalue weighted by molar-refractivity contribution is 7.94. The zero-order valence-electron chi connectivity index (χ0n) is 31.0. The molecule has 21 heteroatoms. The molecule has 16 nitrogen and oxygen atoms in total. The molecule has 2 amide bonds. The van der Waals surface area contributed by atoms with Crippen LogP contribution >= 0.6 is 30.8 Å². The van der Waals surface area contributed by atoms with Gasteiger partial charge >= 0.3 is 18.0 Å². The SMILES string of the molecule is CC(C)=C1OC(=O)N(c2cc(OC3CCCC3)c(Cl)cc2F)C1=O.C[S+](C)C.Nc1c([N+](=O)[O-])ccc(Oc2ccccc2)c1Cl.O=C(O)CNCP(=O)([O-])O. The Morgan fingerprint density at radius 3 is 2.20 bits per heavy atom. The summed E-state index contributed by atoms with van der Waals surface area (Å²) in [5.41, 5.74) is 5.56. The number of nitrogens with one attached hydrogen (secondary N) is 1. The molecule has 0 aromatic heterocycles. The molecule has 5 rings (SSSR count). The molecule has 306 valence electrons. The summed E-state index contributed by atoms with van der Waals surface area (Å²) >= 11 is 12.0. The maximum Gasteiger partial charge on any atom is 0.427 e. The lowest BCUT2D eigenvalue weighted by Crippen LogP contribution is -2.29. The Morgan fingerprint density at radius 1 is 1.11 bits per heavy atom. The lowest BCUT2D eigenvalue weighted by Gasteiger charge is -2.18. The summed E-state index contributed by atoms with van der Waals surface area (Å²) in [6, 6.07) is 13.9. The van der Waals surface area contributed by atoms with Crippen LogP contribution in [0.2, 0.25) is 10.0 Å². The molecule has 2 fully saturated rings. The molecule has 1 saturated carbocycles. The predicted octanol–water partition coefficient (Wildman–Crippen LogP) is 6.86. The van der Waals surface area contributed by atoms with E-state index in [1.54, 1.807) is 38.1 Å². The van der Waals surface area contributed by atoms with E-state index in [9.17, 15) is 38.3 Å². The number of amides is 2. The number of benzene rings is 3. The average Bonchev–Trinajstić information content (AvgIpc) is 3.71. The summed E-state index contributed by atoms with van der Waals surface area (Å²) in [6.45, 7) is 2.79. The second-order valence-corrected chi connectivity index (χ2v) is 17.2. The predicted molar refractivity (Wildman–Crippen MR) is 211 cm³/mol. The van der Waals surface area contributed by atoms with Gasteiger partial charge in [-0.15, -0.1) is 0 Å². The first-order valence-electron chi connectivity index (χ1n) is 16.4. The molecule has 1 atom stereocenters. The first-order valence-corrected chi connectivity index (χ1v) is 21.4. The number of nitro benzene ring substituents is 1. The van der Waals surface area contributed by atoms with Crippen molar-refractivity contribution in [1.29, 1.82) is 0 Å². The Morgan fingerprint density at radius 2 is 1.70 bits per heavy atom. The number of para-hydroxylation sites is 1. The van der Waals surface area contributed by atoms with Gasteiger partial charge in [-0.05, 0) is 80.3 Å². The number of carboxylic acids is 1. The minimum absolute atomic E-state index is 0.00962. The average molecular weight is 864 g/mol. The van der Waals surface area contributed by atoms with Crippen LogP contribution in [0.4, 0.5) is 26.2 Å². The Bertz CT molecular complexity index is 1940. The molecule has 56 heavy (non-hydrogen) atoms. The molecule has 0 radical (unpaired) electrons. The van der Waals surface area contributed by atoms with E-state index in [4.69, 9.17) is 53.1 Å². The van der Waals surface area contributed by atoms with Gasteiger partial charge in [-0.2, -0.15) is 0 Å². The number of carboxylic acid groups (broad SMARTS) is 1. The van der Waals surface area contributed by atoms with E-state index in [0.29, 0.717) is 27.1 Å². The van der Waals surface area contributed by atoms with Crippen LogP contribution < -0.4 is 30.3 Å². The van der Waals surface area contributed by atoms with Gasteiger partial charge in [0.05, 0.1) is 53.3 Å². The van der Waals surface area contributed by atoms with Crippen LogP contribution in [-0.2, 0) is 29.8 Å². The maximum atomic E-state index is 14.3. The summed E-state index contributed by atoms with van der Waals surface area (Å²) in [6.07, 6.45) is 8.87. The monoisotopic (exact) mass is 862 g/mol. The van der Waals surface area contributed by atoms with Crippen molar-refractivity contribution >= 4 is 76.7 Å². The van der Waals surface area contributed by atoms with E-state index in [1.807, 2.05) is 11.4 Å². The number of nitrogens with two attached hydrogens (primary N) is 1. The molecule has 1 aliphatic carbocycles. The third-order valence-corrected chi connectivity index (χ3v) is 8.25. The van der Waals surface area contributed by atoms with Gasteiger partial charge < -0.3 is 39.4 Å². The summed E-state index contributed by atoms with van der Waals surface area (Å²) in [4.78, 5) is 62.8. The number of imide groups is 1. The Balaban J connectivity index is 0.000000298. The highest BCUT2D eigenvalue weighted by Gasteiger charge is 2.40. The summed E-state index contributed by atoms with van der Waals surface area (Å²) in [5, 5.41) is 20.8. The molecule has 0 bridgehead atoms. The van der Waals surface area contributed by atoms with Crippen molar-refractivity contribution in [3.63, 3.8) is 0 Å². The highest BCUT2D eigenvalue weighted by Crippen LogP contribution is 2.39. The van der Waals surface area contributed by atoms with Crippen LogP contribution in [0.5, 0.6) is 17.2 Å². The van der Waals surface area contributed by atoms with E-state index in [0.717, 1.165) is 31.7 Å². The van der Waals surface area contributed by atoms with Crippen LogP contribution in [0, 0.1) is 15.9 Å². The number of nitrogen functional groups attached to an aromatic ring is 1. The van der Waals surface area contributed by atoms with E-state index >= 15 is 0 Å². The number of halogens is 3. The van der Waals surface area contributed by atoms with E-state index in [-0.39, 0.29) is 50.5 Å². The van der Waals surface area contributed by atoms with Crippen LogP contribution in [0.25, 0.3) is 0 Å². The zero-order valence-corrected chi connectivity index (χ0v) is 34.2.